The van der Waals surface area contributed by atoms with Crippen LogP contribution < -0.4 is 0 Å². The summed E-state index contributed by atoms with van der Waals surface area (Å²) in [7, 11) is 0. The number of aromatic amines is 1. The van der Waals surface area contributed by atoms with E-state index >= 15 is 0 Å². The standard InChI is InChI=1S/C9H10N4OS/c14-4-7-11-9-10-6-3-1-2-5(6)8(15)13(9)12-7/h14H,1-4H2,(H,10,11,12). The highest BCUT2D eigenvalue weighted by Crippen LogP contribution is 2.21. The van der Waals surface area contributed by atoms with Gasteiger partial charge in [0.2, 0.25) is 0 Å². The molecule has 0 bridgehead atoms. The summed E-state index contributed by atoms with van der Waals surface area (Å²) in [5.74, 6) is 1.06. The second-order valence-corrected chi connectivity index (χ2v) is 4.05. The SMILES string of the molecule is OCc1nc2nc3c(c(=S)n2[nH]1)CCC3. The molecule has 2 N–H and O–H groups in total. The van der Waals surface area contributed by atoms with Crippen molar-refractivity contribution in [1.82, 2.24) is 19.6 Å². The lowest BCUT2D eigenvalue weighted by atomic mass is 10.3. The molecule has 0 saturated heterocycles. The van der Waals surface area contributed by atoms with Gasteiger partial charge < -0.3 is 5.11 Å². The van der Waals surface area contributed by atoms with E-state index < -0.39 is 0 Å². The van der Waals surface area contributed by atoms with Crippen molar-refractivity contribution in [3.8, 4) is 0 Å². The summed E-state index contributed by atoms with van der Waals surface area (Å²) < 4.78 is 2.42. The zero-order valence-corrected chi connectivity index (χ0v) is 8.84. The number of H-pyrrole nitrogens is 1. The summed E-state index contributed by atoms with van der Waals surface area (Å²) in [6, 6.07) is 0. The molecule has 0 amide bonds. The highest BCUT2D eigenvalue weighted by molar-refractivity contribution is 7.71. The number of nitrogens with one attached hydrogen (secondary N) is 1. The van der Waals surface area contributed by atoms with Crippen molar-refractivity contribution in [1.29, 1.82) is 0 Å². The third-order valence-corrected chi connectivity index (χ3v) is 3.14. The molecule has 0 fully saturated rings. The van der Waals surface area contributed by atoms with Gasteiger partial charge in [-0.2, -0.15) is 4.98 Å². The van der Waals surface area contributed by atoms with Gasteiger partial charge in [0.25, 0.3) is 5.78 Å². The molecule has 2 aromatic rings. The van der Waals surface area contributed by atoms with Gasteiger partial charge in [-0.15, -0.1) is 0 Å². The average Bonchev–Trinajstić information content (AvgIpc) is 2.83. The summed E-state index contributed by atoms with van der Waals surface area (Å²) >= 11 is 5.35. The molecule has 1 aliphatic rings. The number of aliphatic hydroxyl groups is 1. The molecular weight excluding hydrogens is 212 g/mol. The van der Waals surface area contributed by atoms with E-state index in [4.69, 9.17) is 17.3 Å². The molecule has 3 rings (SSSR count). The number of hydrogen-bond donors (Lipinski definition) is 2. The molecule has 15 heavy (non-hydrogen) atoms. The van der Waals surface area contributed by atoms with Crippen molar-refractivity contribution < 1.29 is 5.11 Å². The first-order chi connectivity index (χ1) is 7.29. The molecule has 0 saturated carbocycles. The van der Waals surface area contributed by atoms with E-state index in [1.165, 1.54) is 0 Å². The first kappa shape index (κ1) is 8.99. The Bertz CT molecular complexity index is 586. The van der Waals surface area contributed by atoms with E-state index in [0.717, 1.165) is 35.2 Å². The van der Waals surface area contributed by atoms with Crippen molar-refractivity contribution in [2.75, 3.05) is 0 Å². The Balaban J connectivity index is 2.38. The van der Waals surface area contributed by atoms with Crippen LogP contribution in [0.4, 0.5) is 0 Å². The van der Waals surface area contributed by atoms with Gasteiger partial charge >= 0.3 is 0 Å². The minimum atomic E-state index is -0.122. The van der Waals surface area contributed by atoms with Crippen molar-refractivity contribution in [3.63, 3.8) is 0 Å². The zero-order valence-electron chi connectivity index (χ0n) is 8.03. The topological polar surface area (TPSA) is 66.2 Å². The molecule has 0 unspecified atom stereocenters. The maximum Gasteiger partial charge on any atom is 0.252 e. The molecule has 78 valence electrons. The van der Waals surface area contributed by atoms with Crippen LogP contribution in [0.2, 0.25) is 0 Å². The van der Waals surface area contributed by atoms with Gasteiger partial charge in [-0.25, -0.2) is 9.50 Å². The molecule has 2 aromatic heterocycles. The van der Waals surface area contributed by atoms with Crippen LogP contribution in [0.15, 0.2) is 0 Å². The minimum Gasteiger partial charge on any atom is -0.388 e. The number of aromatic nitrogens is 4. The van der Waals surface area contributed by atoms with E-state index in [2.05, 4.69) is 15.1 Å². The Morgan fingerprint density at radius 2 is 2.27 bits per heavy atom. The molecule has 0 spiro atoms. The van der Waals surface area contributed by atoms with Crippen LogP contribution in [0.25, 0.3) is 5.78 Å². The second kappa shape index (κ2) is 3.11. The number of nitrogens with zero attached hydrogens (tertiary/aromatic N) is 3. The Morgan fingerprint density at radius 3 is 3.07 bits per heavy atom. The van der Waals surface area contributed by atoms with Gasteiger partial charge in [-0.05, 0) is 19.3 Å². The zero-order chi connectivity index (χ0) is 10.4. The Labute approximate surface area is 90.8 Å². The van der Waals surface area contributed by atoms with Gasteiger partial charge in [0.1, 0.15) is 11.2 Å². The van der Waals surface area contributed by atoms with E-state index in [-0.39, 0.29) is 6.61 Å². The van der Waals surface area contributed by atoms with Crippen LogP contribution in [0.1, 0.15) is 23.5 Å². The molecule has 1 aliphatic carbocycles. The fraction of sp³-hybridized carbons (Fsp3) is 0.444. The Hall–Kier alpha value is -1.27. The predicted molar refractivity (Wildman–Crippen MR) is 56.1 cm³/mol. The highest BCUT2D eigenvalue weighted by Gasteiger charge is 2.17. The van der Waals surface area contributed by atoms with Crippen LogP contribution in [-0.4, -0.2) is 24.7 Å². The van der Waals surface area contributed by atoms with E-state index in [1.54, 1.807) is 4.52 Å². The number of aryl methyl sites for hydroxylation is 1. The van der Waals surface area contributed by atoms with E-state index in [9.17, 15) is 0 Å². The lowest BCUT2D eigenvalue weighted by molar-refractivity contribution is 0.271. The maximum absolute atomic E-state index is 8.97. The lowest BCUT2D eigenvalue weighted by Gasteiger charge is -1.99. The molecular formula is C9H10N4OS. The van der Waals surface area contributed by atoms with Crippen molar-refractivity contribution in [2.45, 2.75) is 25.9 Å². The van der Waals surface area contributed by atoms with Crippen LogP contribution in [0.5, 0.6) is 0 Å². The second-order valence-electron chi connectivity index (χ2n) is 3.66. The molecule has 0 aromatic carbocycles. The largest absolute Gasteiger partial charge is 0.388 e. The van der Waals surface area contributed by atoms with Crippen LogP contribution in [-0.2, 0) is 19.4 Å². The summed E-state index contributed by atoms with van der Waals surface area (Å²) in [6.07, 6.45) is 3.10. The molecule has 0 atom stereocenters. The first-order valence-electron chi connectivity index (χ1n) is 4.90. The maximum atomic E-state index is 8.97. The van der Waals surface area contributed by atoms with Gasteiger partial charge in [-0.1, -0.05) is 12.2 Å². The van der Waals surface area contributed by atoms with Crippen molar-refractivity contribution in [2.24, 2.45) is 0 Å². The number of hydrogen-bond acceptors (Lipinski definition) is 4. The number of fused-ring (bicyclic) bond motifs is 2. The average molecular weight is 222 g/mol. The minimum absolute atomic E-state index is 0.122. The number of aliphatic hydroxyl groups excluding tert-OH is 1. The van der Waals surface area contributed by atoms with Gasteiger partial charge in [0, 0.05) is 5.56 Å². The third-order valence-electron chi connectivity index (χ3n) is 2.71. The van der Waals surface area contributed by atoms with Crippen LogP contribution in [0, 0.1) is 4.64 Å². The molecule has 5 nitrogen and oxygen atoms in total. The Kier molecular flexibility index (Phi) is 1.86. The van der Waals surface area contributed by atoms with E-state index in [0.29, 0.717) is 11.6 Å². The van der Waals surface area contributed by atoms with E-state index in [1.807, 2.05) is 0 Å². The fourth-order valence-electron chi connectivity index (χ4n) is 2.00. The van der Waals surface area contributed by atoms with Crippen molar-refractivity contribution >= 4 is 18.0 Å². The van der Waals surface area contributed by atoms with Crippen molar-refractivity contribution in [3.05, 3.63) is 21.7 Å². The normalized spacial score (nSPS) is 14.7. The highest BCUT2D eigenvalue weighted by atomic mass is 32.1. The van der Waals surface area contributed by atoms with Gasteiger partial charge in [0.05, 0.1) is 5.69 Å². The monoisotopic (exact) mass is 222 g/mol. The molecule has 0 aliphatic heterocycles. The summed E-state index contributed by atoms with van der Waals surface area (Å²) in [5, 5.41) is 11.9. The summed E-state index contributed by atoms with van der Waals surface area (Å²) in [5.41, 5.74) is 2.21. The number of rotatable bonds is 1. The molecule has 6 heteroatoms. The van der Waals surface area contributed by atoms with Gasteiger partial charge in [0.15, 0.2) is 5.82 Å². The van der Waals surface area contributed by atoms with Gasteiger partial charge in [-0.3, -0.25) is 5.10 Å². The lowest BCUT2D eigenvalue weighted by Crippen LogP contribution is -1.99. The Morgan fingerprint density at radius 1 is 1.40 bits per heavy atom. The fourth-order valence-corrected chi connectivity index (χ4v) is 2.35. The van der Waals surface area contributed by atoms with Crippen LogP contribution in [0.3, 0.4) is 0 Å². The predicted octanol–water partition coefficient (Wildman–Crippen LogP) is 0.768. The quantitative estimate of drug-likeness (QED) is 0.699. The first-order valence-corrected chi connectivity index (χ1v) is 5.30. The summed E-state index contributed by atoms with van der Waals surface area (Å²) in [4.78, 5) is 8.58. The van der Waals surface area contributed by atoms with Crippen LogP contribution >= 0.6 is 12.2 Å². The third kappa shape index (κ3) is 1.22. The molecule has 2 heterocycles. The smallest absolute Gasteiger partial charge is 0.252 e. The molecule has 0 radical (unpaired) electrons. The summed E-state index contributed by atoms with van der Waals surface area (Å²) in [6.45, 7) is -0.122.